The molecule has 1 aromatic rings. The second-order valence-electron chi connectivity index (χ2n) is 6.07. The Balaban J connectivity index is 2.06. The molecule has 3 heteroatoms. The molecule has 0 aromatic heterocycles. The smallest absolute Gasteiger partial charge is 0.0684 e. The molecule has 0 fully saturated rings. The van der Waals surface area contributed by atoms with Crippen molar-refractivity contribution >= 4 is 0 Å². The number of benzene rings is 1. The molecule has 0 saturated carbocycles. The van der Waals surface area contributed by atoms with Crippen LogP contribution in [0.2, 0.25) is 0 Å². The SMILES string of the molecule is CN(CCCNCCC(C)(C)C#N)Cc1ccccc1. The summed E-state index contributed by atoms with van der Waals surface area (Å²) in [7, 11) is 2.16. The Bertz CT molecular complexity index is 406. The molecule has 0 aliphatic heterocycles. The Hall–Kier alpha value is -1.37. The molecule has 0 aliphatic rings. The van der Waals surface area contributed by atoms with E-state index in [-0.39, 0.29) is 5.41 Å². The van der Waals surface area contributed by atoms with Crippen molar-refractivity contribution in [3.05, 3.63) is 35.9 Å². The standard InChI is InChI=1S/C17H27N3/c1-17(2,15-18)10-12-19-11-7-13-20(3)14-16-8-5-4-6-9-16/h4-6,8-9,19H,7,10-14H2,1-3H3. The van der Waals surface area contributed by atoms with Crippen LogP contribution in [0.15, 0.2) is 30.3 Å². The van der Waals surface area contributed by atoms with Gasteiger partial charge in [0.25, 0.3) is 0 Å². The van der Waals surface area contributed by atoms with Gasteiger partial charge in [0, 0.05) is 6.54 Å². The third-order valence-corrected chi connectivity index (χ3v) is 3.42. The first-order valence-corrected chi connectivity index (χ1v) is 7.38. The van der Waals surface area contributed by atoms with Gasteiger partial charge in [-0.15, -0.1) is 0 Å². The Kier molecular flexibility index (Phi) is 7.28. The van der Waals surface area contributed by atoms with Gasteiger partial charge in [-0.05, 0) is 58.9 Å². The highest BCUT2D eigenvalue weighted by molar-refractivity contribution is 5.14. The zero-order valence-corrected chi connectivity index (χ0v) is 13.0. The molecule has 1 N–H and O–H groups in total. The first kappa shape index (κ1) is 16.7. The Morgan fingerprint density at radius 2 is 1.90 bits per heavy atom. The van der Waals surface area contributed by atoms with Crippen molar-refractivity contribution in [2.45, 2.75) is 33.2 Å². The summed E-state index contributed by atoms with van der Waals surface area (Å²) in [5, 5.41) is 12.3. The lowest BCUT2D eigenvalue weighted by atomic mass is 9.91. The van der Waals surface area contributed by atoms with Crippen LogP contribution in [0.4, 0.5) is 0 Å². The third-order valence-electron chi connectivity index (χ3n) is 3.42. The topological polar surface area (TPSA) is 39.1 Å². The molecular formula is C17H27N3. The molecule has 0 saturated heterocycles. The molecule has 0 atom stereocenters. The molecule has 0 aliphatic carbocycles. The van der Waals surface area contributed by atoms with Gasteiger partial charge in [0.15, 0.2) is 0 Å². The summed E-state index contributed by atoms with van der Waals surface area (Å²) >= 11 is 0. The fourth-order valence-corrected chi connectivity index (χ4v) is 2.03. The van der Waals surface area contributed by atoms with E-state index in [9.17, 15) is 0 Å². The molecule has 0 amide bonds. The molecule has 0 bridgehead atoms. The van der Waals surface area contributed by atoms with Crippen LogP contribution in [0.3, 0.4) is 0 Å². The molecular weight excluding hydrogens is 246 g/mol. The van der Waals surface area contributed by atoms with Crippen LogP contribution in [0.25, 0.3) is 0 Å². The summed E-state index contributed by atoms with van der Waals surface area (Å²) in [6.45, 7) is 8.00. The quantitative estimate of drug-likeness (QED) is 0.703. The molecule has 110 valence electrons. The van der Waals surface area contributed by atoms with Crippen LogP contribution in [0.5, 0.6) is 0 Å². The maximum atomic E-state index is 8.93. The molecule has 0 unspecified atom stereocenters. The van der Waals surface area contributed by atoms with Gasteiger partial charge in [0.05, 0.1) is 11.5 Å². The summed E-state index contributed by atoms with van der Waals surface area (Å²) in [5.74, 6) is 0. The van der Waals surface area contributed by atoms with E-state index in [1.807, 2.05) is 13.8 Å². The predicted molar refractivity (Wildman–Crippen MR) is 84.3 cm³/mol. The van der Waals surface area contributed by atoms with Crippen molar-refractivity contribution in [2.24, 2.45) is 5.41 Å². The lowest BCUT2D eigenvalue weighted by Crippen LogP contribution is -2.26. The lowest BCUT2D eigenvalue weighted by molar-refractivity contribution is 0.318. The summed E-state index contributed by atoms with van der Waals surface area (Å²) in [5.41, 5.74) is 1.15. The van der Waals surface area contributed by atoms with Crippen LogP contribution in [-0.4, -0.2) is 31.6 Å². The average Bonchev–Trinajstić information content (AvgIpc) is 2.44. The summed E-state index contributed by atoms with van der Waals surface area (Å²) in [4.78, 5) is 2.34. The number of nitrogens with zero attached hydrogens (tertiary/aromatic N) is 2. The van der Waals surface area contributed by atoms with Gasteiger partial charge in [-0.2, -0.15) is 5.26 Å². The van der Waals surface area contributed by atoms with Crippen LogP contribution in [0.1, 0.15) is 32.3 Å². The first-order valence-electron chi connectivity index (χ1n) is 7.38. The third kappa shape index (κ3) is 7.28. The summed E-state index contributed by atoms with van der Waals surface area (Å²) in [6, 6.07) is 12.9. The van der Waals surface area contributed by atoms with Gasteiger partial charge < -0.3 is 10.2 Å². The van der Waals surface area contributed by atoms with Gasteiger partial charge in [-0.1, -0.05) is 30.3 Å². The maximum absolute atomic E-state index is 8.93. The first-order chi connectivity index (χ1) is 9.53. The van der Waals surface area contributed by atoms with E-state index in [0.29, 0.717) is 0 Å². The number of nitriles is 1. The molecule has 0 radical (unpaired) electrons. The Morgan fingerprint density at radius 3 is 2.55 bits per heavy atom. The van der Waals surface area contributed by atoms with Crippen molar-refractivity contribution < 1.29 is 0 Å². The zero-order valence-electron chi connectivity index (χ0n) is 13.0. The molecule has 1 rings (SSSR count). The molecule has 0 spiro atoms. The number of rotatable bonds is 9. The highest BCUT2D eigenvalue weighted by Gasteiger charge is 2.15. The van der Waals surface area contributed by atoms with Crippen LogP contribution >= 0.6 is 0 Å². The van der Waals surface area contributed by atoms with Crippen LogP contribution < -0.4 is 5.32 Å². The minimum Gasteiger partial charge on any atom is -0.317 e. The predicted octanol–water partition coefficient (Wildman–Crippen LogP) is 3.04. The number of hydrogen-bond donors (Lipinski definition) is 1. The van der Waals surface area contributed by atoms with Crippen molar-refractivity contribution in [1.82, 2.24) is 10.2 Å². The molecule has 1 aromatic carbocycles. The van der Waals surface area contributed by atoms with Gasteiger partial charge in [-0.25, -0.2) is 0 Å². The number of hydrogen-bond acceptors (Lipinski definition) is 3. The van der Waals surface area contributed by atoms with E-state index in [4.69, 9.17) is 5.26 Å². The van der Waals surface area contributed by atoms with E-state index in [1.165, 1.54) is 5.56 Å². The summed E-state index contributed by atoms with van der Waals surface area (Å²) in [6.07, 6.45) is 2.04. The molecule has 0 heterocycles. The van der Waals surface area contributed by atoms with E-state index in [0.717, 1.165) is 39.0 Å². The minimum absolute atomic E-state index is 0.211. The minimum atomic E-state index is -0.211. The largest absolute Gasteiger partial charge is 0.317 e. The van der Waals surface area contributed by atoms with E-state index in [1.54, 1.807) is 0 Å². The van der Waals surface area contributed by atoms with Gasteiger partial charge in [0.1, 0.15) is 0 Å². The zero-order chi connectivity index (χ0) is 14.8. The Labute approximate surface area is 123 Å². The van der Waals surface area contributed by atoms with Crippen molar-refractivity contribution in [1.29, 1.82) is 5.26 Å². The Morgan fingerprint density at radius 1 is 1.20 bits per heavy atom. The fraction of sp³-hybridized carbons (Fsp3) is 0.588. The monoisotopic (exact) mass is 273 g/mol. The normalized spacial score (nSPS) is 11.6. The highest BCUT2D eigenvalue weighted by atomic mass is 15.1. The summed E-state index contributed by atoms with van der Waals surface area (Å²) < 4.78 is 0. The van der Waals surface area contributed by atoms with E-state index < -0.39 is 0 Å². The van der Waals surface area contributed by atoms with E-state index in [2.05, 4.69) is 53.7 Å². The van der Waals surface area contributed by atoms with Gasteiger partial charge >= 0.3 is 0 Å². The lowest BCUT2D eigenvalue weighted by Gasteiger charge is -2.18. The second-order valence-corrected chi connectivity index (χ2v) is 6.07. The van der Waals surface area contributed by atoms with Crippen molar-refractivity contribution in [2.75, 3.05) is 26.7 Å². The number of nitrogens with one attached hydrogen (secondary N) is 1. The average molecular weight is 273 g/mol. The van der Waals surface area contributed by atoms with Crippen LogP contribution in [-0.2, 0) is 6.54 Å². The van der Waals surface area contributed by atoms with Gasteiger partial charge in [0.2, 0.25) is 0 Å². The molecule has 3 nitrogen and oxygen atoms in total. The van der Waals surface area contributed by atoms with Crippen molar-refractivity contribution in [3.8, 4) is 6.07 Å². The second kappa shape index (κ2) is 8.73. The highest BCUT2D eigenvalue weighted by Crippen LogP contribution is 2.16. The van der Waals surface area contributed by atoms with E-state index >= 15 is 0 Å². The van der Waals surface area contributed by atoms with Gasteiger partial charge in [-0.3, -0.25) is 0 Å². The van der Waals surface area contributed by atoms with Crippen LogP contribution in [0, 0.1) is 16.7 Å². The fourth-order valence-electron chi connectivity index (χ4n) is 2.03. The maximum Gasteiger partial charge on any atom is 0.0684 e. The molecule has 20 heavy (non-hydrogen) atoms. The van der Waals surface area contributed by atoms with Crippen molar-refractivity contribution in [3.63, 3.8) is 0 Å².